The van der Waals surface area contributed by atoms with Gasteiger partial charge in [-0.3, -0.25) is 4.68 Å². The molecule has 90 valence electrons. The smallest absolute Gasteiger partial charge is 0.0592 e. The van der Waals surface area contributed by atoms with Crippen LogP contribution in [0.1, 0.15) is 46.6 Å². The maximum absolute atomic E-state index is 4.38. The van der Waals surface area contributed by atoms with Gasteiger partial charge in [0.1, 0.15) is 0 Å². The molecule has 0 bridgehead atoms. The van der Waals surface area contributed by atoms with E-state index in [0.29, 0.717) is 5.41 Å². The minimum Gasteiger partial charge on any atom is -0.269 e. The van der Waals surface area contributed by atoms with E-state index in [1.807, 2.05) is 10.9 Å². The van der Waals surface area contributed by atoms with Crippen LogP contribution in [0.15, 0.2) is 24.0 Å². The summed E-state index contributed by atoms with van der Waals surface area (Å²) in [5.41, 5.74) is 3.06. The van der Waals surface area contributed by atoms with Crippen LogP contribution in [0.25, 0.3) is 0 Å². The first kappa shape index (κ1) is 13.0. The SMILES string of the molecule is CCC(C)(C)Cc1cnn(CC=C(C)C)c1. The Kier molecular flexibility index (Phi) is 4.34. The lowest BCUT2D eigenvalue weighted by Crippen LogP contribution is -2.12. The number of aromatic nitrogens is 2. The third-order valence-corrected chi connectivity index (χ3v) is 3.01. The van der Waals surface area contributed by atoms with Crippen molar-refractivity contribution in [2.75, 3.05) is 0 Å². The van der Waals surface area contributed by atoms with Gasteiger partial charge in [-0.15, -0.1) is 0 Å². The molecular weight excluding hydrogens is 196 g/mol. The maximum Gasteiger partial charge on any atom is 0.0592 e. The highest BCUT2D eigenvalue weighted by Gasteiger charge is 2.16. The van der Waals surface area contributed by atoms with E-state index in [9.17, 15) is 0 Å². The van der Waals surface area contributed by atoms with E-state index < -0.39 is 0 Å². The molecule has 1 rings (SSSR count). The molecule has 1 heterocycles. The monoisotopic (exact) mass is 220 g/mol. The fourth-order valence-corrected chi connectivity index (χ4v) is 1.55. The molecule has 0 aliphatic rings. The second kappa shape index (κ2) is 5.33. The predicted octanol–water partition coefficient (Wildman–Crippen LogP) is 3.83. The Morgan fingerprint density at radius 1 is 1.44 bits per heavy atom. The maximum atomic E-state index is 4.38. The van der Waals surface area contributed by atoms with Gasteiger partial charge in [-0.25, -0.2) is 0 Å². The van der Waals surface area contributed by atoms with Gasteiger partial charge in [-0.05, 0) is 31.2 Å². The Bertz CT molecular complexity index is 355. The number of allylic oxidation sites excluding steroid dienone is 2. The first-order valence-electron chi connectivity index (χ1n) is 6.07. The lowest BCUT2D eigenvalue weighted by molar-refractivity contribution is 0.349. The van der Waals surface area contributed by atoms with Crippen molar-refractivity contribution >= 4 is 0 Å². The fourth-order valence-electron chi connectivity index (χ4n) is 1.55. The van der Waals surface area contributed by atoms with Gasteiger partial charge < -0.3 is 0 Å². The Labute approximate surface area is 99.4 Å². The zero-order valence-electron chi connectivity index (χ0n) is 11.2. The van der Waals surface area contributed by atoms with Crippen molar-refractivity contribution in [1.29, 1.82) is 0 Å². The molecule has 1 aromatic rings. The van der Waals surface area contributed by atoms with Crippen molar-refractivity contribution in [2.24, 2.45) is 5.41 Å². The predicted molar refractivity (Wildman–Crippen MR) is 69.4 cm³/mol. The van der Waals surface area contributed by atoms with Crippen LogP contribution in [0.4, 0.5) is 0 Å². The standard InChI is InChI=1S/C14H24N2/c1-6-14(4,5)9-13-10-15-16(11-13)8-7-12(2)3/h7,10-11H,6,8-9H2,1-5H3. The molecule has 2 heteroatoms. The second-order valence-corrected chi connectivity index (χ2v) is 5.55. The lowest BCUT2D eigenvalue weighted by Gasteiger charge is -2.21. The normalized spacial score (nSPS) is 11.6. The van der Waals surface area contributed by atoms with Crippen molar-refractivity contribution in [2.45, 2.75) is 54.0 Å². The van der Waals surface area contributed by atoms with Crippen LogP contribution < -0.4 is 0 Å². The average Bonchev–Trinajstić information content (AvgIpc) is 2.62. The van der Waals surface area contributed by atoms with E-state index in [0.717, 1.165) is 13.0 Å². The van der Waals surface area contributed by atoms with Crippen molar-refractivity contribution in [1.82, 2.24) is 9.78 Å². The quantitative estimate of drug-likeness (QED) is 0.690. The Morgan fingerprint density at radius 2 is 2.12 bits per heavy atom. The number of hydrogen-bond donors (Lipinski definition) is 0. The fraction of sp³-hybridized carbons (Fsp3) is 0.643. The summed E-state index contributed by atoms with van der Waals surface area (Å²) in [5, 5.41) is 4.38. The Balaban J connectivity index is 2.61. The summed E-state index contributed by atoms with van der Waals surface area (Å²) in [6, 6.07) is 0. The van der Waals surface area contributed by atoms with E-state index in [-0.39, 0.29) is 0 Å². The molecule has 0 aliphatic heterocycles. The van der Waals surface area contributed by atoms with E-state index in [1.165, 1.54) is 17.6 Å². The summed E-state index contributed by atoms with van der Waals surface area (Å²) in [4.78, 5) is 0. The van der Waals surface area contributed by atoms with Gasteiger partial charge in [0.2, 0.25) is 0 Å². The molecule has 0 atom stereocenters. The van der Waals surface area contributed by atoms with Crippen molar-refractivity contribution in [3.63, 3.8) is 0 Å². The second-order valence-electron chi connectivity index (χ2n) is 5.55. The first-order valence-corrected chi connectivity index (χ1v) is 6.07. The molecule has 0 saturated heterocycles. The molecule has 0 aromatic carbocycles. The van der Waals surface area contributed by atoms with Gasteiger partial charge in [0.05, 0.1) is 12.7 Å². The summed E-state index contributed by atoms with van der Waals surface area (Å²) in [7, 11) is 0. The molecule has 0 amide bonds. The highest BCUT2D eigenvalue weighted by Crippen LogP contribution is 2.24. The summed E-state index contributed by atoms with van der Waals surface area (Å²) < 4.78 is 2.01. The van der Waals surface area contributed by atoms with Crippen molar-refractivity contribution in [3.05, 3.63) is 29.6 Å². The largest absolute Gasteiger partial charge is 0.269 e. The van der Waals surface area contributed by atoms with Crippen LogP contribution in [0.3, 0.4) is 0 Å². The molecule has 0 radical (unpaired) electrons. The number of hydrogen-bond acceptors (Lipinski definition) is 1. The van der Waals surface area contributed by atoms with Gasteiger partial charge >= 0.3 is 0 Å². The summed E-state index contributed by atoms with van der Waals surface area (Å²) >= 11 is 0. The molecule has 0 spiro atoms. The van der Waals surface area contributed by atoms with Crippen LogP contribution in [0.5, 0.6) is 0 Å². The number of nitrogens with zero attached hydrogens (tertiary/aromatic N) is 2. The van der Waals surface area contributed by atoms with Crippen molar-refractivity contribution < 1.29 is 0 Å². The molecule has 2 nitrogen and oxygen atoms in total. The summed E-state index contributed by atoms with van der Waals surface area (Å²) in [6.07, 6.45) is 8.67. The van der Waals surface area contributed by atoms with Crippen molar-refractivity contribution in [3.8, 4) is 0 Å². The molecule has 0 fully saturated rings. The van der Waals surface area contributed by atoms with Gasteiger partial charge in [0.25, 0.3) is 0 Å². The molecule has 0 unspecified atom stereocenters. The summed E-state index contributed by atoms with van der Waals surface area (Å²) in [5.74, 6) is 0. The van der Waals surface area contributed by atoms with Gasteiger partial charge in [0.15, 0.2) is 0 Å². The van der Waals surface area contributed by atoms with Crippen LogP contribution >= 0.6 is 0 Å². The van der Waals surface area contributed by atoms with E-state index in [4.69, 9.17) is 0 Å². The Morgan fingerprint density at radius 3 is 2.69 bits per heavy atom. The third-order valence-electron chi connectivity index (χ3n) is 3.01. The van der Waals surface area contributed by atoms with Crippen LogP contribution in [-0.4, -0.2) is 9.78 Å². The van der Waals surface area contributed by atoms with Gasteiger partial charge in [-0.1, -0.05) is 38.8 Å². The van der Waals surface area contributed by atoms with Gasteiger partial charge in [-0.2, -0.15) is 5.10 Å². The summed E-state index contributed by atoms with van der Waals surface area (Å²) in [6.45, 7) is 12.0. The highest BCUT2D eigenvalue weighted by molar-refractivity contribution is 5.07. The molecule has 0 N–H and O–H groups in total. The zero-order chi connectivity index (χ0) is 12.2. The minimum atomic E-state index is 0.379. The van der Waals surface area contributed by atoms with Gasteiger partial charge in [0, 0.05) is 6.20 Å². The van der Waals surface area contributed by atoms with Crippen LogP contribution in [0, 0.1) is 5.41 Å². The third kappa shape index (κ3) is 4.21. The van der Waals surface area contributed by atoms with E-state index in [1.54, 1.807) is 0 Å². The molecule has 16 heavy (non-hydrogen) atoms. The number of rotatable bonds is 5. The first-order chi connectivity index (χ1) is 7.43. The van der Waals surface area contributed by atoms with E-state index >= 15 is 0 Å². The highest BCUT2D eigenvalue weighted by atomic mass is 15.3. The topological polar surface area (TPSA) is 17.8 Å². The lowest BCUT2D eigenvalue weighted by atomic mass is 9.84. The zero-order valence-corrected chi connectivity index (χ0v) is 11.2. The molecular formula is C14H24N2. The minimum absolute atomic E-state index is 0.379. The molecule has 1 aromatic heterocycles. The van der Waals surface area contributed by atoms with Crippen LogP contribution in [-0.2, 0) is 13.0 Å². The average molecular weight is 220 g/mol. The van der Waals surface area contributed by atoms with E-state index in [2.05, 4.69) is 52.0 Å². The Hall–Kier alpha value is -1.05. The molecule has 0 aliphatic carbocycles. The van der Waals surface area contributed by atoms with Crippen LogP contribution in [0.2, 0.25) is 0 Å². The molecule has 0 saturated carbocycles.